The molecule has 0 aliphatic rings. The average molecular weight is 272 g/mol. The van der Waals surface area contributed by atoms with Gasteiger partial charge in [0.15, 0.2) is 0 Å². The normalized spacial score (nSPS) is 11.1. The molecule has 0 bridgehead atoms. The maximum absolute atomic E-state index is 8.98. The minimum Gasteiger partial charge on any atom is -0.486 e. The molecule has 1 aromatic carbocycles. The first-order valence-corrected chi connectivity index (χ1v) is 6.95. The molecule has 19 heavy (non-hydrogen) atoms. The molecule has 2 aromatic rings. The van der Waals surface area contributed by atoms with E-state index in [0.29, 0.717) is 17.9 Å². The van der Waals surface area contributed by atoms with Crippen molar-refractivity contribution in [3.63, 3.8) is 0 Å². The average Bonchev–Trinajstić information content (AvgIpc) is 2.85. The molecular weight excluding hydrogens is 256 g/mol. The molecule has 0 unspecified atom stereocenters. The van der Waals surface area contributed by atoms with E-state index in [1.807, 2.05) is 17.5 Å². The van der Waals surface area contributed by atoms with Gasteiger partial charge in [-0.2, -0.15) is 5.26 Å². The molecule has 0 aliphatic carbocycles. The van der Waals surface area contributed by atoms with E-state index >= 15 is 0 Å². The highest BCUT2D eigenvalue weighted by Gasteiger charge is 2.18. The molecule has 0 spiro atoms. The lowest BCUT2D eigenvalue weighted by atomic mass is 9.98. The molecule has 0 fully saturated rings. The zero-order chi connectivity index (χ0) is 13.9. The molecule has 0 saturated carbocycles. The van der Waals surface area contributed by atoms with E-state index < -0.39 is 0 Å². The molecule has 0 atom stereocenters. The smallest absolute Gasteiger partial charge is 0.137 e. The van der Waals surface area contributed by atoms with Gasteiger partial charge in [-0.1, -0.05) is 32.9 Å². The lowest BCUT2D eigenvalue weighted by Gasteiger charge is -2.13. The molecule has 0 saturated heterocycles. The van der Waals surface area contributed by atoms with Gasteiger partial charge in [0.05, 0.1) is 16.3 Å². The maximum atomic E-state index is 8.98. The third-order valence-corrected chi connectivity index (χ3v) is 3.89. The van der Waals surface area contributed by atoms with Gasteiger partial charge in [-0.15, -0.1) is 11.3 Å². The minimum absolute atomic E-state index is 0.0630. The summed E-state index contributed by atoms with van der Waals surface area (Å²) in [6.45, 7) is 6.82. The molecule has 0 radical (unpaired) electrons. The van der Waals surface area contributed by atoms with Crippen molar-refractivity contribution in [2.24, 2.45) is 0 Å². The highest BCUT2D eigenvalue weighted by molar-refractivity contribution is 7.09. The standard InChI is InChI=1S/C15H16N2OS/c1-15(2,3)14-17-12(10-19-14)9-18-13-7-5-4-6-11(13)8-16/h4-7,10H,9H2,1-3H3. The highest BCUT2D eigenvalue weighted by atomic mass is 32.1. The second-order valence-corrected chi connectivity index (χ2v) is 6.15. The number of nitriles is 1. The topological polar surface area (TPSA) is 45.9 Å². The zero-order valence-corrected chi connectivity index (χ0v) is 12.1. The predicted octanol–water partition coefficient (Wildman–Crippen LogP) is 3.89. The molecule has 0 amide bonds. The first kappa shape index (κ1) is 13.6. The van der Waals surface area contributed by atoms with E-state index in [1.54, 1.807) is 23.5 Å². The second kappa shape index (κ2) is 5.41. The van der Waals surface area contributed by atoms with Crippen LogP contribution in [0, 0.1) is 11.3 Å². The fraction of sp³-hybridized carbons (Fsp3) is 0.333. The number of ether oxygens (including phenoxy) is 1. The van der Waals surface area contributed by atoms with Crippen LogP contribution in [0.4, 0.5) is 0 Å². The number of nitrogens with zero attached hydrogens (tertiary/aromatic N) is 2. The molecule has 0 N–H and O–H groups in total. The van der Waals surface area contributed by atoms with Crippen LogP contribution >= 0.6 is 11.3 Å². The van der Waals surface area contributed by atoms with E-state index in [9.17, 15) is 0 Å². The third kappa shape index (κ3) is 3.33. The second-order valence-electron chi connectivity index (χ2n) is 5.29. The van der Waals surface area contributed by atoms with Gasteiger partial charge in [0, 0.05) is 10.8 Å². The third-order valence-electron chi connectivity index (χ3n) is 2.58. The Bertz CT molecular complexity index is 605. The summed E-state index contributed by atoms with van der Waals surface area (Å²) in [6, 6.07) is 9.35. The van der Waals surface area contributed by atoms with E-state index in [2.05, 4.69) is 31.8 Å². The van der Waals surface area contributed by atoms with Crippen LogP contribution in [0.2, 0.25) is 0 Å². The van der Waals surface area contributed by atoms with Gasteiger partial charge in [0.2, 0.25) is 0 Å². The van der Waals surface area contributed by atoms with Crippen molar-refractivity contribution in [1.82, 2.24) is 4.98 Å². The monoisotopic (exact) mass is 272 g/mol. The Balaban J connectivity index is 2.07. The van der Waals surface area contributed by atoms with Gasteiger partial charge in [0.1, 0.15) is 18.4 Å². The van der Waals surface area contributed by atoms with Crippen LogP contribution in [-0.2, 0) is 12.0 Å². The quantitative estimate of drug-likeness (QED) is 0.851. The van der Waals surface area contributed by atoms with Crippen LogP contribution in [0.25, 0.3) is 0 Å². The predicted molar refractivity (Wildman–Crippen MR) is 76.3 cm³/mol. The molecule has 2 rings (SSSR count). The summed E-state index contributed by atoms with van der Waals surface area (Å²) in [4.78, 5) is 4.56. The summed E-state index contributed by atoms with van der Waals surface area (Å²) in [5.41, 5.74) is 1.52. The number of hydrogen-bond acceptors (Lipinski definition) is 4. The summed E-state index contributed by atoms with van der Waals surface area (Å²) < 4.78 is 5.66. The Morgan fingerprint density at radius 3 is 2.68 bits per heavy atom. The van der Waals surface area contributed by atoms with Crippen molar-refractivity contribution in [2.45, 2.75) is 32.8 Å². The summed E-state index contributed by atoms with van der Waals surface area (Å²) in [5.74, 6) is 0.607. The number of benzene rings is 1. The largest absolute Gasteiger partial charge is 0.486 e. The summed E-state index contributed by atoms with van der Waals surface area (Å²) >= 11 is 1.65. The first-order chi connectivity index (χ1) is 9.00. The molecule has 0 aliphatic heterocycles. The first-order valence-electron chi connectivity index (χ1n) is 6.07. The Labute approximate surface area is 117 Å². The fourth-order valence-electron chi connectivity index (χ4n) is 1.55. The Hall–Kier alpha value is -1.86. The Morgan fingerprint density at radius 1 is 1.32 bits per heavy atom. The lowest BCUT2D eigenvalue weighted by Crippen LogP contribution is -2.10. The Kier molecular flexibility index (Phi) is 3.87. The van der Waals surface area contributed by atoms with Crippen molar-refractivity contribution in [3.05, 3.63) is 45.9 Å². The van der Waals surface area contributed by atoms with Gasteiger partial charge in [-0.25, -0.2) is 4.98 Å². The van der Waals surface area contributed by atoms with Gasteiger partial charge < -0.3 is 4.74 Å². The summed E-state index contributed by atoms with van der Waals surface area (Å²) in [6.07, 6.45) is 0. The summed E-state index contributed by atoms with van der Waals surface area (Å²) in [7, 11) is 0. The van der Waals surface area contributed by atoms with Crippen LogP contribution in [0.5, 0.6) is 5.75 Å². The molecular formula is C15H16N2OS. The molecule has 1 aromatic heterocycles. The van der Waals surface area contributed by atoms with Crippen LogP contribution in [-0.4, -0.2) is 4.98 Å². The number of hydrogen-bond donors (Lipinski definition) is 0. The van der Waals surface area contributed by atoms with E-state index in [1.165, 1.54) is 0 Å². The Morgan fingerprint density at radius 2 is 2.05 bits per heavy atom. The van der Waals surface area contributed by atoms with Crippen molar-refractivity contribution in [3.8, 4) is 11.8 Å². The minimum atomic E-state index is 0.0630. The van der Waals surface area contributed by atoms with Gasteiger partial charge >= 0.3 is 0 Å². The number of aromatic nitrogens is 1. The molecule has 3 nitrogen and oxygen atoms in total. The molecule has 1 heterocycles. The van der Waals surface area contributed by atoms with Crippen LogP contribution in [0.1, 0.15) is 37.0 Å². The van der Waals surface area contributed by atoms with E-state index in [0.717, 1.165) is 10.7 Å². The highest BCUT2D eigenvalue weighted by Crippen LogP contribution is 2.26. The lowest BCUT2D eigenvalue weighted by molar-refractivity contribution is 0.300. The van der Waals surface area contributed by atoms with Crippen molar-refractivity contribution < 1.29 is 4.74 Å². The number of thiazole rings is 1. The van der Waals surface area contributed by atoms with Crippen molar-refractivity contribution >= 4 is 11.3 Å². The van der Waals surface area contributed by atoms with E-state index in [4.69, 9.17) is 10.00 Å². The van der Waals surface area contributed by atoms with Gasteiger partial charge in [0.25, 0.3) is 0 Å². The summed E-state index contributed by atoms with van der Waals surface area (Å²) in [5, 5.41) is 12.1. The number of para-hydroxylation sites is 1. The van der Waals surface area contributed by atoms with Gasteiger partial charge in [-0.05, 0) is 12.1 Å². The van der Waals surface area contributed by atoms with Crippen molar-refractivity contribution in [2.75, 3.05) is 0 Å². The van der Waals surface area contributed by atoms with E-state index in [-0.39, 0.29) is 5.41 Å². The maximum Gasteiger partial charge on any atom is 0.137 e. The fourth-order valence-corrected chi connectivity index (χ4v) is 2.45. The van der Waals surface area contributed by atoms with Crippen LogP contribution in [0.3, 0.4) is 0 Å². The number of rotatable bonds is 3. The van der Waals surface area contributed by atoms with Crippen LogP contribution < -0.4 is 4.74 Å². The SMILES string of the molecule is CC(C)(C)c1nc(COc2ccccc2C#N)cs1. The zero-order valence-electron chi connectivity index (χ0n) is 11.3. The van der Waals surface area contributed by atoms with Crippen molar-refractivity contribution in [1.29, 1.82) is 5.26 Å². The molecule has 98 valence electrons. The molecule has 4 heteroatoms. The van der Waals surface area contributed by atoms with Gasteiger partial charge in [-0.3, -0.25) is 0 Å². The van der Waals surface area contributed by atoms with Crippen LogP contribution in [0.15, 0.2) is 29.6 Å².